The second kappa shape index (κ2) is 7.80. The first-order chi connectivity index (χ1) is 13.5. The van der Waals surface area contributed by atoms with Crippen LogP contribution in [0.1, 0.15) is 25.0 Å². The van der Waals surface area contributed by atoms with Crippen LogP contribution >= 0.6 is 0 Å². The lowest BCUT2D eigenvalue weighted by Gasteiger charge is -2.42. The average molecular weight is 382 g/mol. The zero-order valence-electron chi connectivity index (χ0n) is 16.5. The zero-order valence-corrected chi connectivity index (χ0v) is 16.5. The quantitative estimate of drug-likeness (QED) is 0.878. The maximum atomic E-state index is 13.7. The molecule has 2 aromatic rings. The number of hydrogen-bond acceptors (Lipinski definition) is 3. The predicted octanol–water partition coefficient (Wildman–Crippen LogP) is 3.59. The van der Waals surface area contributed by atoms with E-state index < -0.39 is 0 Å². The number of anilines is 2. The molecule has 6 heteroatoms. The van der Waals surface area contributed by atoms with E-state index in [0.717, 1.165) is 37.4 Å². The summed E-state index contributed by atoms with van der Waals surface area (Å²) in [5.41, 5.74) is 4.09. The summed E-state index contributed by atoms with van der Waals surface area (Å²) < 4.78 is 13.7. The number of amides is 2. The fourth-order valence-corrected chi connectivity index (χ4v) is 4.05. The van der Waals surface area contributed by atoms with E-state index in [2.05, 4.69) is 16.3 Å². The van der Waals surface area contributed by atoms with Crippen molar-refractivity contribution in [3.05, 3.63) is 59.4 Å². The molecule has 0 radical (unpaired) electrons. The van der Waals surface area contributed by atoms with Gasteiger partial charge in [0.2, 0.25) is 0 Å². The highest BCUT2D eigenvalue weighted by Gasteiger charge is 2.34. The van der Waals surface area contributed by atoms with Crippen LogP contribution < -0.4 is 15.1 Å². The Morgan fingerprint density at radius 1 is 1.07 bits per heavy atom. The summed E-state index contributed by atoms with van der Waals surface area (Å²) >= 11 is 0. The van der Waals surface area contributed by atoms with Crippen molar-refractivity contribution >= 4 is 17.4 Å². The van der Waals surface area contributed by atoms with Crippen LogP contribution in [0.5, 0.6) is 0 Å². The molecule has 0 unspecified atom stereocenters. The van der Waals surface area contributed by atoms with Gasteiger partial charge in [-0.3, -0.25) is 4.90 Å². The second-order valence-electron chi connectivity index (χ2n) is 7.73. The average Bonchev–Trinajstić information content (AvgIpc) is 2.70. The smallest absolute Gasteiger partial charge is 0.325 e. The summed E-state index contributed by atoms with van der Waals surface area (Å²) in [6, 6.07) is 12.7. The minimum absolute atomic E-state index is 0.0239. The van der Waals surface area contributed by atoms with Crippen LogP contribution in [0.25, 0.3) is 0 Å². The van der Waals surface area contributed by atoms with Gasteiger partial charge in [-0.1, -0.05) is 18.2 Å². The molecular weight excluding hydrogens is 355 g/mol. The number of rotatable bonds is 4. The van der Waals surface area contributed by atoms with Crippen LogP contribution in [-0.4, -0.2) is 43.2 Å². The van der Waals surface area contributed by atoms with E-state index in [1.54, 1.807) is 11.0 Å². The van der Waals surface area contributed by atoms with E-state index in [1.165, 1.54) is 23.4 Å². The monoisotopic (exact) mass is 382 g/mol. The third-order valence-electron chi connectivity index (χ3n) is 5.53. The number of urea groups is 1. The highest BCUT2D eigenvalue weighted by Crippen LogP contribution is 2.37. The first-order valence-corrected chi connectivity index (χ1v) is 9.94. The van der Waals surface area contributed by atoms with E-state index in [1.807, 2.05) is 36.9 Å². The molecule has 0 spiro atoms. The van der Waals surface area contributed by atoms with Crippen molar-refractivity contribution in [2.45, 2.75) is 33.0 Å². The number of fused-ring (bicyclic) bond motifs is 1. The van der Waals surface area contributed by atoms with Gasteiger partial charge in [-0.2, -0.15) is 0 Å². The Morgan fingerprint density at radius 3 is 2.50 bits per heavy atom. The van der Waals surface area contributed by atoms with Crippen molar-refractivity contribution in [1.82, 2.24) is 10.2 Å². The van der Waals surface area contributed by atoms with Gasteiger partial charge in [0.25, 0.3) is 0 Å². The topological polar surface area (TPSA) is 38.8 Å². The molecular formula is C22H27FN4O. The van der Waals surface area contributed by atoms with Crippen LogP contribution in [0, 0.1) is 5.82 Å². The highest BCUT2D eigenvalue weighted by atomic mass is 19.1. The van der Waals surface area contributed by atoms with Crippen LogP contribution in [-0.2, 0) is 13.1 Å². The lowest BCUT2D eigenvalue weighted by molar-refractivity contribution is 0.182. The Balaban J connectivity index is 1.75. The Kier molecular flexibility index (Phi) is 5.22. The van der Waals surface area contributed by atoms with Crippen LogP contribution in [0.15, 0.2) is 42.5 Å². The van der Waals surface area contributed by atoms with Gasteiger partial charge in [0, 0.05) is 43.5 Å². The van der Waals surface area contributed by atoms with Crippen molar-refractivity contribution < 1.29 is 9.18 Å². The second-order valence-corrected chi connectivity index (χ2v) is 7.73. The molecule has 148 valence electrons. The number of carbonyl (C=O) groups is 1. The van der Waals surface area contributed by atoms with E-state index >= 15 is 0 Å². The van der Waals surface area contributed by atoms with E-state index in [9.17, 15) is 9.18 Å². The number of hydrogen-bond donors (Lipinski definition) is 1. The molecule has 2 aliphatic rings. The van der Waals surface area contributed by atoms with Gasteiger partial charge in [0.1, 0.15) is 5.82 Å². The number of carbonyl (C=O) groups excluding carboxylic acids is 1. The summed E-state index contributed by atoms with van der Waals surface area (Å²) in [6.07, 6.45) is 0. The first kappa shape index (κ1) is 18.7. The summed E-state index contributed by atoms with van der Waals surface area (Å²) in [7, 11) is 0. The van der Waals surface area contributed by atoms with Crippen molar-refractivity contribution in [2.75, 3.05) is 36.0 Å². The maximum absolute atomic E-state index is 13.7. The molecule has 5 nitrogen and oxygen atoms in total. The molecule has 0 atom stereocenters. The number of piperazine rings is 1. The summed E-state index contributed by atoms with van der Waals surface area (Å²) in [5, 5.41) is 3.39. The van der Waals surface area contributed by atoms with Gasteiger partial charge in [0.05, 0.1) is 18.8 Å². The summed E-state index contributed by atoms with van der Waals surface area (Å²) in [5.74, 6) is -0.280. The number of halogens is 1. The number of nitrogens with zero attached hydrogens (tertiary/aromatic N) is 3. The Bertz CT molecular complexity index is 863. The third kappa shape index (κ3) is 3.56. The first-order valence-electron chi connectivity index (χ1n) is 9.94. The van der Waals surface area contributed by atoms with Crippen LogP contribution in [0.4, 0.5) is 20.6 Å². The molecule has 2 heterocycles. The maximum Gasteiger partial charge on any atom is 0.325 e. The summed E-state index contributed by atoms with van der Waals surface area (Å²) in [4.78, 5) is 19.3. The fourth-order valence-electron chi connectivity index (χ4n) is 4.05. The van der Waals surface area contributed by atoms with Gasteiger partial charge in [-0.15, -0.1) is 0 Å². The van der Waals surface area contributed by atoms with Crippen molar-refractivity contribution in [1.29, 1.82) is 0 Å². The molecule has 1 saturated heterocycles. The van der Waals surface area contributed by atoms with Crippen molar-refractivity contribution in [3.8, 4) is 0 Å². The van der Waals surface area contributed by atoms with Gasteiger partial charge < -0.3 is 15.1 Å². The van der Waals surface area contributed by atoms with Crippen molar-refractivity contribution in [3.63, 3.8) is 0 Å². The van der Waals surface area contributed by atoms with E-state index in [4.69, 9.17) is 0 Å². The Hall–Kier alpha value is -2.60. The van der Waals surface area contributed by atoms with Gasteiger partial charge in [-0.05, 0) is 43.7 Å². The molecule has 1 fully saturated rings. The molecule has 2 aromatic carbocycles. The molecule has 4 rings (SSSR count). The van der Waals surface area contributed by atoms with Crippen molar-refractivity contribution in [2.24, 2.45) is 0 Å². The highest BCUT2D eigenvalue weighted by molar-refractivity contribution is 5.96. The number of benzene rings is 2. The standard InChI is InChI=1S/C22H27FN4O/c1-16(2)26-15-19-20(25-11-9-24-10-12-25)7-4-8-21(19)27(22(26)28)14-17-5-3-6-18(23)13-17/h3-8,13,16,24H,9-12,14-15H2,1-2H3. The SMILES string of the molecule is CC(C)N1Cc2c(N3CCNCC3)cccc2N(Cc2cccc(F)c2)C1=O. The summed E-state index contributed by atoms with van der Waals surface area (Å²) in [6.45, 7) is 8.87. The van der Waals surface area contributed by atoms with Crippen LogP contribution in [0.3, 0.4) is 0 Å². The van der Waals surface area contributed by atoms with E-state index in [-0.39, 0.29) is 17.9 Å². The van der Waals surface area contributed by atoms with Gasteiger partial charge in [-0.25, -0.2) is 9.18 Å². The normalized spacial score (nSPS) is 17.3. The van der Waals surface area contributed by atoms with E-state index in [0.29, 0.717) is 13.1 Å². The molecule has 0 aromatic heterocycles. The number of nitrogens with one attached hydrogen (secondary N) is 1. The van der Waals surface area contributed by atoms with Gasteiger partial charge >= 0.3 is 6.03 Å². The Labute approximate surface area is 165 Å². The minimum Gasteiger partial charge on any atom is -0.369 e. The molecule has 2 amide bonds. The minimum atomic E-state index is -0.280. The molecule has 0 aliphatic carbocycles. The Morgan fingerprint density at radius 2 is 1.79 bits per heavy atom. The van der Waals surface area contributed by atoms with Gasteiger partial charge in [0.15, 0.2) is 0 Å². The lowest BCUT2D eigenvalue weighted by atomic mass is 10.0. The predicted molar refractivity (Wildman–Crippen MR) is 110 cm³/mol. The fraction of sp³-hybridized carbons (Fsp3) is 0.409. The van der Waals surface area contributed by atoms with Crippen LogP contribution in [0.2, 0.25) is 0 Å². The largest absolute Gasteiger partial charge is 0.369 e. The molecule has 2 aliphatic heterocycles. The third-order valence-corrected chi connectivity index (χ3v) is 5.53. The lowest BCUT2D eigenvalue weighted by Crippen LogP contribution is -2.50. The molecule has 0 bridgehead atoms. The molecule has 28 heavy (non-hydrogen) atoms. The zero-order chi connectivity index (χ0) is 19.7. The molecule has 1 N–H and O–H groups in total. The molecule has 0 saturated carbocycles.